The highest BCUT2D eigenvalue weighted by Crippen LogP contribution is 2.70. The lowest BCUT2D eigenvalue weighted by atomic mass is 9.69. The van der Waals surface area contributed by atoms with Gasteiger partial charge in [-0.1, -0.05) is 72.1 Å². The summed E-state index contributed by atoms with van der Waals surface area (Å²) in [6.07, 6.45) is 10.5. The van der Waals surface area contributed by atoms with Crippen molar-refractivity contribution in [1.82, 2.24) is 4.31 Å². The summed E-state index contributed by atoms with van der Waals surface area (Å²) in [4.78, 5) is 13.3. The lowest BCUT2D eigenvalue weighted by Crippen LogP contribution is -2.50. The number of unbranched alkanes of at least 4 members (excludes halogenated alkanes) is 7. The van der Waals surface area contributed by atoms with E-state index in [-0.39, 0.29) is 17.2 Å². The number of rotatable bonds is 12. The lowest BCUT2D eigenvalue weighted by Gasteiger charge is -2.37. The monoisotopic (exact) mass is 513 g/mol. The summed E-state index contributed by atoms with van der Waals surface area (Å²) in [6.45, 7) is 6.50. The van der Waals surface area contributed by atoms with Crippen molar-refractivity contribution >= 4 is 15.9 Å². The number of ether oxygens (including phenoxy) is 1. The number of carbonyl (C=O) groups excluding carboxylic acids is 1. The fourth-order valence-electron chi connectivity index (χ4n) is 7.75. The van der Waals surface area contributed by atoms with Gasteiger partial charge in [-0.25, -0.2) is 12.7 Å². The number of hydrogen-bond acceptors (Lipinski definition) is 6. The molecule has 2 N–H and O–H groups in total. The Balaban J connectivity index is 1.27. The van der Waals surface area contributed by atoms with Crippen LogP contribution in [0.2, 0.25) is 0 Å². The number of sulfonamides is 1. The van der Waals surface area contributed by atoms with E-state index in [4.69, 9.17) is 4.74 Å². The molecule has 4 aliphatic rings. The van der Waals surface area contributed by atoms with Crippen LogP contribution in [0, 0.1) is 16.7 Å². The van der Waals surface area contributed by atoms with Crippen LogP contribution in [0.15, 0.2) is 0 Å². The van der Waals surface area contributed by atoms with Gasteiger partial charge < -0.3 is 14.9 Å². The van der Waals surface area contributed by atoms with Gasteiger partial charge in [0.05, 0.1) is 30.1 Å². The summed E-state index contributed by atoms with van der Waals surface area (Å²) >= 11 is 0. The van der Waals surface area contributed by atoms with Crippen LogP contribution in [0.1, 0.15) is 111 Å². The first-order valence-corrected chi connectivity index (χ1v) is 15.7. The predicted molar refractivity (Wildman–Crippen MR) is 135 cm³/mol. The minimum Gasteiger partial charge on any atom is -0.390 e. The molecule has 0 unspecified atom stereocenters. The summed E-state index contributed by atoms with van der Waals surface area (Å²) in [7, 11) is -3.77. The fourth-order valence-corrected chi connectivity index (χ4v) is 10.3. The number of nitrogens with zero attached hydrogens (tertiary/aromatic N) is 1. The molecule has 2 heterocycles. The Morgan fingerprint density at radius 1 is 1.00 bits per heavy atom. The van der Waals surface area contributed by atoms with Gasteiger partial charge in [0, 0.05) is 5.41 Å². The predicted octanol–water partition coefficient (Wildman–Crippen LogP) is 4.15. The van der Waals surface area contributed by atoms with Gasteiger partial charge in [-0.3, -0.25) is 4.79 Å². The quantitative estimate of drug-likeness (QED) is 0.380. The molecule has 1 spiro atoms. The highest BCUT2D eigenvalue weighted by atomic mass is 32.2. The largest absolute Gasteiger partial charge is 0.390 e. The van der Waals surface area contributed by atoms with Crippen molar-refractivity contribution in [1.29, 1.82) is 0 Å². The maximum Gasteiger partial charge on any atom is 0.267 e. The third kappa shape index (κ3) is 4.94. The van der Waals surface area contributed by atoms with Gasteiger partial charge >= 0.3 is 0 Å². The number of aliphatic hydroxyl groups excluding tert-OH is 2. The average molecular weight is 514 g/mol. The molecule has 2 saturated heterocycles. The van der Waals surface area contributed by atoms with Gasteiger partial charge in [0.15, 0.2) is 6.10 Å². The van der Waals surface area contributed by atoms with E-state index in [1.54, 1.807) is 0 Å². The van der Waals surface area contributed by atoms with Crippen molar-refractivity contribution < 1.29 is 28.2 Å². The zero-order valence-corrected chi connectivity index (χ0v) is 22.8. The van der Waals surface area contributed by atoms with E-state index >= 15 is 0 Å². The summed E-state index contributed by atoms with van der Waals surface area (Å²) in [5, 5.41) is 21.5. The Bertz CT molecular complexity index is 860. The second-order valence-electron chi connectivity index (χ2n) is 12.3. The van der Waals surface area contributed by atoms with Crippen molar-refractivity contribution in [2.75, 3.05) is 5.75 Å². The minimum atomic E-state index is -3.77. The van der Waals surface area contributed by atoms with E-state index in [0.29, 0.717) is 31.6 Å². The second kappa shape index (κ2) is 10.6. The topological polar surface area (TPSA) is 104 Å². The standard InChI is InChI=1S/C27H47NO6S/c1-4-5-6-7-8-9-10-11-12-20(29)21-13-14-22(34-21)24(30)25(31)28-23-17-19-15-16-27(23,26(19,2)3)18-35(28,32)33/h19-24,29-30H,4-18H2,1-3H3/t19-,20+,21-,22+,23-,24-,27-/m1/s1. The van der Waals surface area contributed by atoms with Crippen LogP contribution in [0.25, 0.3) is 0 Å². The van der Waals surface area contributed by atoms with Gasteiger partial charge in [-0.2, -0.15) is 0 Å². The molecule has 1 amide bonds. The molecule has 0 radical (unpaired) electrons. The third-order valence-electron chi connectivity index (χ3n) is 10.1. The Hall–Kier alpha value is -0.700. The molecule has 8 heteroatoms. The molecule has 0 aromatic rings. The summed E-state index contributed by atoms with van der Waals surface area (Å²) in [5.74, 6) is -0.328. The van der Waals surface area contributed by atoms with Crippen LogP contribution in [0.5, 0.6) is 0 Å². The van der Waals surface area contributed by atoms with Crippen LogP contribution < -0.4 is 0 Å². The summed E-state index contributed by atoms with van der Waals surface area (Å²) in [5.41, 5.74) is -0.531. The minimum absolute atomic E-state index is 0.00189. The number of aliphatic hydroxyl groups is 2. The molecule has 0 aromatic heterocycles. The molecular weight excluding hydrogens is 466 g/mol. The van der Waals surface area contributed by atoms with Gasteiger partial charge in [0.2, 0.25) is 10.0 Å². The molecule has 0 aromatic carbocycles. The van der Waals surface area contributed by atoms with Crippen molar-refractivity contribution in [2.45, 2.75) is 141 Å². The number of hydrogen-bond donors (Lipinski definition) is 2. The van der Waals surface area contributed by atoms with Gasteiger partial charge in [-0.05, 0) is 49.9 Å². The Morgan fingerprint density at radius 2 is 1.63 bits per heavy atom. The van der Waals surface area contributed by atoms with E-state index in [1.807, 2.05) is 0 Å². The molecule has 4 fully saturated rings. The van der Waals surface area contributed by atoms with Crippen molar-refractivity contribution in [2.24, 2.45) is 16.7 Å². The van der Waals surface area contributed by atoms with Crippen LogP contribution in [-0.2, 0) is 19.6 Å². The molecular formula is C27H47NO6S. The van der Waals surface area contributed by atoms with Crippen molar-refractivity contribution in [3.05, 3.63) is 0 Å². The highest BCUT2D eigenvalue weighted by molar-refractivity contribution is 7.90. The van der Waals surface area contributed by atoms with E-state index in [2.05, 4.69) is 20.8 Å². The van der Waals surface area contributed by atoms with E-state index in [1.165, 1.54) is 38.5 Å². The third-order valence-corrected chi connectivity index (χ3v) is 12.0. The number of amides is 1. The number of fused-ring (bicyclic) bond motifs is 1. The van der Waals surface area contributed by atoms with Crippen molar-refractivity contribution in [3.63, 3.8) is 0 Å². The van der Waals surface area contributed by atoms with E-state index < -0.39 is 45.8 Å². The lowest BCUT2D eigenvalue weighted by molar-refractivity contribution is -0.148. The van der Waals surface area contributed by atoms with E-state index in [0.717, 1.165) is 30.0 Å². The first-order valence-electron chi connectivity index (χ1n) is 14.1. The van der Waals surface area contributed by atoms with Gasteiger partial charge in [0.25, 0.3) is 5.91 Å². The number of carbonyl (C=O) groups is 1. The molecule has 2 aliphatic carbocycles. The Morgan fingerprint density at radius 3 is 2.29 bits per heavy atom. The van der Waals surface area contributed by atoms with Crippen LogP contribution in [0.4, 0.5) is 0 Å². The molecule has 4 rings (SSSR count). The fraction of sp³-hybridized carbons (Fsp3) is 0.963. The van der Waals surface area contributed by atoms with Crippen LogP contribution in [-0.4, -0.2) is 65.1 Å². The van der Waals surface area contributed by atoms with Gasteiger partial charge in [0.1, 0.15) is 0 Å². The Labute approximate surface area is 212 Å². The molecule has 2 aliphatic heterocycles. The average Bonchev–Trinajstić information content (AvgIpc) is 3.50. The molecule has 202 valence electrons. The zero-order valence-electron chi connectivity index (χ0n) is 22.0. The van der Waals surface area contributed by atoms with Crippen LogP contribution >= 0.6 is 0 Å². The van der Waals surface area contributed by atoms with Crippen LogP contribution in [0.3, 0.4) is 0 Å². The SMILES string of the molecule is CCCCCCCCCC[C@H](O)[C@H]1CC[C@@H]([C@@H](O)C(=O)N2[C@@H]3C[C@H]4CC[C@]3(CS2(=O)=O)C4(C)C)O1. The van der Waals surface area contributed by atoms with Gasteiger partial charge in [-0.15, -0.1) is 0 Å². The first-order chi connectivity index (χ1) is 16.5. The Kier molecular flexibility index (Phi) is 8.26. The normalized spacial score (nSPS) is 36.4. The zero-order chi connectivity index (χ0) is 25.4. The molecule has 2 saturated carbocycles. The highest BCUT2D eigenvalue weighted by Gasteiger charge is 2.72. The molecule has 35 heavy (non-hydrogen) atoms. The first kappa shape index (κ1) is 27.3. The maximum atomic E-state index is 13.3. The molecule has 7 nitrogen and oxygen atoms in total. The molecule has 2 bridgehead atoms. The second-order valence-corrected chi connectivity index (χ2v) is 14.2. The summed E-state index contributed by atoms with van der Waals surface area (Å²) < 4.78 is 33.2. The van der Waals surface area contributed by atoms with E-state index in [9.17, 15) is 23.4 Å². The smallest absolute Gasteiger partial charge is 0.267 e. The summed E-state index contributed by atoms with van der Waals surface area (Å²) in [6, 6.07) is -0.354. The maximum absolute atomic E-state index is 13.3. The van der Waals surface area contributed by atoms with Crippen molar-refractivity contribution in [3.8, 4) is 0 Å². The molecule has 7 atom stereocenters.